The number of carbonyl (C=O) groups excluding carboxylic acids is 1. The lowest BCUT2D eigenvalue weighted by molar-refractivity contribution is -0.136. The minimum Gasteiger partial charge on any atom is -0.337 e. The fourth-order valence-corrected chi connectivity index (χ4v) is 4.15. The summed E-state index contributed by atoms with van der Waals surface area (Å²) in [6.45, 7) is 8.95. The Morgan fingerprint density at radius 1 is 1.26 bits per heavy atom. The molecular weight excluding hydrogens is 236 g/mol. The number of hydrogen-bond acceptors (Lipinski definition) is 2. The Morgan fingerprint density at radius 3 is 2.26 bits per heavy atom. The molecule has 0 aliphatic carbocycles. The second-order valence-corrected chi connectivity index (χ2v) is 7.99. The fourth-order valence-electron chi connectivity index (χ4n) is 4.15. The second kappa shape index (κ2) is 5.43. The van der Waals surface area contributed by atoms with E-state index in [0.29, 0.717) is 41.8 Å². The van der Waals surface area contributed by atoms with Crippen molar-refractivity contribution in [2.75, 3.05) is 0 Å². The normalized spacial score (nSPS) is 32.5. The largest absolute Gasteiger partial charge is 0.337 e. The molecule has 2 rings (SSSR count). The molecule has 19 heavy (non-hydrogen) atoms. The first-order chi connectivity index (χ1) is 8.76. The van der Waals surface area contributed by atoms with Gasteiger partial charge in [-0.15, -0.1) is 0 Å². The van der Waals surface area contributed by atoms with E-state index < -0.39 is 0 Å². The van der Waals surface area contributed by atoms with Gasteiger partial charge in [0.15, 0.2) is 0 Å². The summed E-state index contributed by atoms with van der Waals surface area (Å²) in [5, 5.41) is 0. The van der Waals surface area contributed by atoms with E-state index in [2.05, 4.69) is 32.6 Å². The summed E-state index contributed by atoms with van der Waals surface area (Å²) in [5.41, 5.74) is 6.37. The van der Waals surface area contributed by atoms with Gasteiger partial charge < -0.3 is 10.6 Å². The molecule has 2 saturated heterocycles. The molecule has 0 aromatic heterocycles. The van der Waals surface area contributed by atoms with Crippen LogP contribution in [-0.4, -0.2) is 28.9 Å². The van der Waals surface area contributed by atoms with Crippen molar-refractivity contribution < 1.29 is 4.79 Å². The third kappa shape index (κ3) is 3.71. The molecule has 2 fully saturated rings. The Bertz CT molecular complexity index is 320. The van der Waals surface area contributed by atoms with E-state index in [0.717, 1.165) is 32.1 Å². The van der Waals surface area contributed by atoms with Gasteiger partial charge in [0, 0.05) is 24.5 Å². The van der Waals surface area contributed by atoms with E-state index in [9.17, 15) is 4.79 Å². The Hall–Kier alpha value is -0.570. The van der Waals surface area contributed by atoms with Crippen molar-refractivity contribution in [1.82, 2.24) is 4.90 Å². The monoisotopic (exact) mass is 266 g/mol. The van der Waals surface area contributed by atoms with Crippen LogP contribution in [0.15, 0.2) is 0 Å². The summed E-state index contributed by atoms with van der Waals surface area (Å²) in [7, 11) is 0. The van der Waals surface area contributed by atoms with E-state index >= 15 is 0 Å². The van der Waals surface area contributed by atoms with Crippen molar-refractivity contribution in [2.45, 2.75) is 84.3 Å². The van der Waals surface area contributed by atoms with E-state index in [4.69, 9.17) is 5.73 Å². The number of nitrogens with two attached hydrogens (primary N) is 1. The van der Waals surface area contributed by atoms with Crippen molar-refractivity contribution in [1.29, 1.82) is 0 Å². The lowest BCUT2D eigenvalue weighted by Crippen LogP contribution is -2.50. The molecule has 110 valence electrons. The summed E-state index contributed by atoms with van der Waals surface area (Å²) in [4.78, 5) is 14.7. The highest BCUT2D eigenvalue weighted by molar-refractivity contribution is 5.77. The topological polar surface area (TPSA) is 46.3 Å². The van der Waals surface area contributed by atoms with Gasteiger partial charge in [0.25, 0.3) is 0 Å². The first kappa shape index (κ1) is 14.8. The van der Waals surface area contributed by atoms with Gasteiger partial charge in [-0.1, -0.05) is 27.7 Å². The van der Waals surface area contributed by atoms with Crippen LogP contribution >= 0.6 is 0 Å². The number of rotatable bonds is 3. The van der Waals surface area contributed by atoms with E-state index in [1.54, 1.807) is 0 Å². The highest BCUT2D eigenvalue weighted by Crippen LogP contribution is 2.36. The predicted molar refractivity (Wildman–Crippen MR) is 78.7 cm³/mol. The number of carbonyl (C=O) groups is 1. The minimum absolute atomic E-state index is 0.308. The number of piperidine rings is 1. The van der Waals surface area contributed by atoms with Crippen molar-refractivity contribution in [2.24, 2.45) is 17.1 Å². The smallest absolute Gasteiger partial charge is 0.223 e. The van der Waals surface area contributed by atoms with Crippen LogP contribution in [0.1, 0.15) is 66.2 Å². The number of hydrogen-bond donors (Lipinski definition) is 1. The third-order valence-electron chi connectivity index (χ3n) is 4.54. The SMILES string of the molecule is CC(CC(=O)N1C2CCC1CC(N)C2)CC(C)(C)C. The first-order valence-corrected chi connectivity index (χ1v) is 7.83. The lowest BCUT2D eigenvalue weighted by Gasteiger charge is -2.38. The molecule has 2 bridgehead atoms. The highest BCUT2D eigenvalue weighted by atomic mass is 16.2. The molecule has 2 aliphatic rings. The third-order valence-corrected chi connectivity index (χ3v) is 4.54. The molecule has 0 saturated carbocycles. The summed E-state index contributed by atoms with van der Waals surface area (Å²) in [5.74, 6) is 0.846. The van der Waals surface area contributed by atoms with Crippen LogP contribution in [-0.2, 0) is 4.79 Å². The standard InChI is InChI=1S/C16H30N2O/c1-11(10-16(2,3)4)7-15(19)18-13-5-6-14(18)9-12(17)8-13/h11-14H,5-10,17H2,1-4H3. The molecule has 2 aliphatic heterocycles. The molecule has 1 amide bonds. The van der Waals surface area contributed by atoms with Gasteiger partial charge in [0.05, 0.1) is 0 Å². The van der Waals surface area contributed by atoms with Crippen LogP contribution in [0.5, 0.6) is 0 Å². The van der Waals surface area contributed by atoms with E-state index in [1.165, 1.54) is 0 Å². The van der Waals surface area contributed by atoms with Crippen LogP contribution in [0.3, 0.4) is 0 Å². The van der Waals surface area contributed by atoms with E-state index in [-0.39, 0.29) is 0 Å². The molecule has 0 spiro atoms. The number of amides is 1. The molecule has 0 aromatic rings. The Balaban J connectivity index is 1.90. The van der Waals surface area contributed by atoms with Gasteiger partial charge in [0.2, 0.25) is 5.91 Å². The van der Waals surface area contributed by atoms with Gasteiger partial charge in [-0.05, 0) is 43.4 Å². The Labute approximate surface area is 117 Å². The molecule has 2 N–H and O–H groups in total. The lowest BCUT2D eigenvalue weighted by atomic mass is 9.84. The zero-order valence-corrected chi connectivity index (χ0v) is 13.0. The molecule has 3 nitrogen and oxygen atoms in total. The quantitative estimate of drug-likeness (QED) is 0.853. The van der Waals surface area contributed by atoms with Crippen molar-refractivity contribution in [3.8, 4) is 0 Å². The van der Waals surface area contributed by atoms with Crippen LogP contribution in [0.2, 0.25) is 0 Å². The maximum Gasteiger partial charge on any atom is 0.223 e. The molecule has 3 atom stereocenters. The van der Waals surface area contributed by atoms with Crippen LogP contribution in [0.4, 0.5) is 0 Å². The van der Waals surface area contributed by atoms with Gasteiger partial charge in [0.1, 0.15) is 0 Å². The molecule has 2 heterocycles. The average Bonchev–Trinajstić information content (AvgIpc) is 2.48. The van der Waals surface area contributed by atoms with Crippen LogP contribution < -0.4 is 5.73 Å². The summed E-state index contributed by atoms with van der Waals surface area (Å²) in [6.07, 6.45) is 6.17. The second-order valence-electron chi connectivity index (χ2n) is 7.99. The van der Waals surface area contributed by atoms with Crippen molar-refractivity contribution >= 4 is 5.91 Å². The molecule has 3 unspecified atom stereocenters. The molecule has 0 aromatic carbocycles. The summed E-state index contributed by atoms with van der Waals surface area (Å²) < 4.78 is 0. The van der Waals surface area contributed by atoms with E-state index in [1.807, 2.05) is 0 Å². The maximum absolute atomic E-state index is 12.5. The van der Waals surface area contributed by atoms with Gasteiger partial charge in [-0.3, -0.25) is 4.79 Å². The van der Waals surface area contributed by atoms with Crippen molar-refractivity contribution in [3.63, 3.8) is 0 Å². The van der Waals surface area contributed by atoms with Gasteiger partial charge in [-0.25, -0.2) is 0 Å². The fraction of sp³-hybridized carbons (Fsp3) is 0.938. The zero-order chi connectivity index (χ0) is 14.2. The Morgan fingerprint density at radius 2 is 1.79 bits per heavy atom. The average molecular weight is 266 g/mol. The minimum atomic E-state index is 0.308. The number of nitrogens with zero attached hydrogens (tertiary/aromatic N) is 1. The molecular formula is C16H30N2O. The first-order valence-electron chi connectivity index (χ1n) is 7.83. The maximum atomic E-state index is 12.5. The zero-order valence-electron chi connectivity index (χ0n) is 13.0. The van der Waals surface area contributed by atoms with Crippen LogP contribution in [0, 0.1) is 11.3 Å². The summed E-state index contributed by atoms with van der Waals surface area (Å²) in [6, 6.07) is 1.18. The highest BCUT2D eigenvalue weighted by Gasteiger charge is 2.42. The van der Waals surface area contributed by atoms with Crippen molar-refractivity contribution in [3.05, 3.63) is 0 Å². The molecule has 3 heteroatoms. The predicted octanol–water partition coefficient (Wildman–Crippen LogP) is 2.93. The molecule has 0 radical (unpaired) electrons. The number of fused-ring (bicyclic) bond motifs is 2. The van der Waals surface area contributed by atoms with Crippen LogP contribution in [0.25, 0.3) is 0 Å². The summed E-state index contributed by atoms with van der Waals surface area (Å²) >= 11 is 0. The van der Waals surface area contributed by atoms with Gasteiger partial charge in [-0.2, -0.15) is 0 Å². The Kier molecular flexibility index (Phi) is 4.24. The van der Waals surface area contributed by atoms with Gasteiger partial charge >= 0.3 is 0 Å².